The van der Waals surface area contributed by atoms with Crippen molar-refractivity contribution in [3.05, 3.63) is 15.6 Å². The highest BCUT2D eigenvalue weighted by Crippen LogP contribution is 2.25. The summed E-state index contributed by atoms with van der Waals surface area (Å²) in [6.45, 7) is 13.2. The molecule has 0 saturated carbocycles. The van der Waals surface area contributed by atoms with Gasteiger partial charge < -0.3 is 5.32 Å². The minimum atomic E-state index is 0.167. The standard InChI is InChI=1S/C14H25N3S/c1-5-7-17-8-6-11-12(10-17)18-13(16-11)9-15-14(2,3)4/h15H,5-10H2,1-4H3. The van der Waals surface area contributed by atoms with Crippen LogP contribution >= 0.6 is 11.3 Å². The van der Waals surface area contributed by atoms with E-state index >= 15 is 0 Å². The normalized spacial score (nSPS) is 16.9. The van der Waals surface area contributed by atoms with Crippen LogP contribution in [0.2, 0.25) is 0 Å². The number of nitrogens with one attached hydrogen (secondary N) is 1. The van der Waals surface area contributed by atoms with Gasteiger partial charge in [-0.2, -0.15) is 0 Å². The lowest BCUT2D eigenvalue weighted by Gasteiger charge is -2.25. The number of nitrogens with zero attached hydrogens (tertiary/aromatic N) is 2. The van der Waals surface area contributed by atoms with Gasteiger partial charge in [0.2, 0.25) is 0 Å². The summed E-state index contributed by atoms with van der Waals surface area (Å²) in [4.78, 5) is 8.81. The highest BCUT2D eigenvalue weighted by atomic mass is 32.1. The molecule has 18 heavy (non-hydrogen) atoms. The molecule has 0 aromatic carbocycles. The summed E-state index contributed by atoms with van der Waals surface area (Å²) in [6.07, 6.45) is 2.37. The number of thiazole rings is 1. The van der Waals surface area contributed by atoms with Gasteiger partial charge in [-0.25, -0.2) is 4.98 Å². The molecule has 0 spiro atoms. The summed E-state index contributed by atoms with van der Waals surface area (Å²) in [6, 6.07) is 0. The van der Waals surface area contributed by atoms with Gasteiger partial charge in [0.15, 0.2) is 0 Å². The van der Waals surface area contributed by atoms with Gasteiger partial charge in [0.25, 0.3) is 0 Å². The van der Waals surface area contributed by atoms with Crippen molar-refractivity contribution in [2.75, 3.05) is 13.1 Å². The zero-order valence-corrected chi connectivity index (χ0v) is 12.9. The van der Waals surface area contributed by atoms with Crippen LogP contribution in [0, 0.1) is 0 Å². The minimum Gasteiger partial charge on any atom is -0.306 e. The molecule has 1 aromatic rings. The van der Waals surface area contributed by atoms with Crippen molar-refractivity contribution in [2.45, 2.75) is 59.2 Å². The molecule has 1 aliphatic rings. The molecule has 2 heterocycles. The third-order valence-corrected chi connectivity index (χ3v) is 4.25. The molecule has 0 radical (unpaired) electrons. The van der Waals surface area contributed by atoms with E-state index in [1.807, 2.05) is 11.3 Å². The molecule has 1 aliphatic heterocycles. The van der Waals surface area contributed by atoms with E-state index in [4.69, 9.17) is 4.98 Å². The average molecular weight is 267 g/mol. The first-order chi connectivity index (χ1) is 8.48. The zero-order chi connectivity index (χ0) is 13.2. The Bertz CT molecular complexity index is 392. The smallest absolute Gasteiger partial charge is 0.107 e. The van der Waals surface area contributed by atoms with Crippen LogP contribution in [0.5, 0.6) is 0 Å². The van der Waals surface area contributed by atoms with Gasteiger partial charge in [-0.1, -0.05) is 6.92 Å². The first-order valence-electron chi connectivity index (χ1n) is 6.93. The molecular formula is C14H25N3S. The molecule has 1 N–H and O–H groups in total. The topological polar surface area (TPSA) is 28.2 Å². The predicted octanol–water partition coefficient (Wildman–Crippen LogP) is 2.80. The van der Waals surface area contributed by atoms with Crippen molar-refractivity contribution in [1.29, 1.82) is 0 Å². The van der Waals surface area contributed by atoms with E-state index in [1.54, 1.807) is 0 Å². The third-order valence-electron chi connectivity index (χ3n) is 3.16. The molecular weight excluding hydrogens is 242 g/mol. The summed E-state index contributed by atoms with van der Waals surface area (Å²) in [5.74, 6) is 0. The van der Waals surface area contributed by atoms with Crippen LogP contribution in [0.15, 0.2) is 0 Å². The van der Waals surface area contributed by atoms with Crippen molar-refractivity contribution < 1.29 is 0 Å². The number of hydrogen-bond acceptors (Lipinski definition) is 4. The van der Waals surface area contributed by atoms with E-state index in [9.17, 15) is 0 Å². The molecule has 0 unspecified atom stereocenters. The fourth-order valence-corrected chi connectivity index (χ4v) is 3.32. The monoisotopic (exact) mass is 267 g/mol. The highest BCUT2D eigenvalue weighted by Gasteiger charge is 2.20. The maximum Gasteiger partial charge on any atom is 0.107 e. The Kier molecular flexibility index (Phi) is 4.41. The highest BCUT2D eigenvalue weighted by molar-refractivity contribution is 7.11. The van der Waals surface area contributed by atoms with Crippen LogP contribution in [0.3, 0.4) is 0 Å². The van der Waals surface area contributed by atoms with Crippen LogP contribution in [-0.2, 0) is 19.5 Å². The molecule has 4 heteroatoms. The van der Waals surface area contributed by atoms with E-state index in [0.29, 0.717) is 0 Å². The van der Waals surface area contributed by atoms with Gasteiger partial charge in [0.1, 0.15) is 5.01 Å². The van der Waals surface area contributed by atoms with E-state index in [0.717, 1.165) is 19.5 Å². The van der Waals surface area contributed by atoms with E-state index in [2.05, 4.69) is 37.9 Å². The molecule has 0 atom stereocenters. The second-order valence-electron chi connectivity index (χ2n) is 6.11. The molecule has 0 amide bonds. The van der Waals surface area contributed by atoms with Crippen molar-refractivity contribution in [3.8, 4) is 0 Å². The predicted molar refractivity (Wildman–Crippen MR) is 78.0 cm³/mol. The summed E-state index contributed by atoms with van der Waals surface area (Å²) in [5, 5.41) is 4.76. The number of hydrogen-bond donors (Lipinski definition) is 1. The molecule has 0 fully saturated rings. The third kappa shape index (κ3) is 3.77. The Labute approximate surface area is 115 Å². The SMILES string of the molecule is CCCN1CCc2nc(CNC(C)(C)C)sc2C1. The van der Waals surface area contributed by atoms with Crippen LogP contribution in [0.25, 0.3) is 0 Å². The molecule has 2 rings (SSSR count). The number of rotatable bonds is 4. The molecule has 1 aromatic heterocycles. The Morgan fingerprint density at radius 1 is 1.39 bits per heavy atom. The van der Waals surface area contributed by atoms with Gasteiger partial charge in [-0.15, -0.1) is 11.3 Å². The average Bonchev–Trinajstić information content (AvgIpc) is 2.68. The second kappa shape index (κ2) is 5.68. The molecule has 3 nitrogen and oxygen atoms in total. The van der Waals surface area contributed by atoms with Gasteiger partial charge in [-0.05, 0) is 33.7 Å². The minimum absolute atomic E-state index is 0.167. The molecule has 0 bridgehead atoms. The van der Waals surface area contributed by atoms with Gasteiger partial charge in [0, 0.05) is 36.5 Å². The van der Waals surface area contributed by atoms with Crippen LogP contribution in [-0.4, -0.2) is 28.5 Å². The zero-order valence-electron chi connectivity index (χ0n) is 12.0. The van der Waals surface area contributed by atoms with Crippen molar-refractivity contribution in [2.24, 2.45) is 0 Å². The van der Waals surface area contributed by atoms with Gasteiger partial charge in [0.05, 0.1) is 5.69 Å². The lowest BCUT2D eigenvalue weighted by atomic mass is 10.1. The second-order valence-corrected chi connectivity index (χ2v) is 7.28. The van der Waals surface area contributed by atoms with Crippen molar-refractivity contribution >= 4 is 11.3 Å². The van der Waals surface area contributed by atoms with Gasteiger partial charge in [-0.3, -0.25) is 4.90 Å². The van der Waals surface area contributed by atoms with Crippen LogP contribution in [0.4, 0.5) is 0 Å². The maximum absolute atomic E-state index is 4.78. The summed E-state index contributed by atoms with van der Waals surface area (Å²) >= 11 is 1.89. The Morgan fingerprint density at radius 3 is 2.83 bits per heavy atom. The first kappa shape index (κ1) is 14.0. The van der Waals surface area contributed by atoms with Crippen molar-refractivity contribution in [3.63, 3.8) is 0 Å². The summed E-state index contributed by atoms with van der Waals surface area (Å²) < 4.78 is 0. The van der Waals surface area contributed by atoms with E-state index in [1.165, 1.54) is 35.1 Å². The van der Waals surface area contributed by atoms with Crippen LogP contribution in [0.1, 0.15) is 49.7 Å². The Morgan fingerprint density at radius 2 is 2.17 bits per heavy atom. The van der Waals surface area contributed by atoms with Gasteiger partial charge >= 0.3 is 0 Å². The summed E-state index contributed by atoms with van der Waals surface area (Å²) in [5.41, 5.74) is 1.51. The first-order valence-corrected chi connectivity index (χ1v) is 7.74. The summed E-state index contributed by atoms with van der Waals surface area (Å²) in [7, 11) is 0. The van der Waals surface area contributed by atoms with Crippen LogP contribution < -0.4 is 5.32 Å². The number of fused-ring (bicyclic) bond motifs is 1. The van der Waals surface area contributed by atoms with Crippen molar-refractivity contribution in [1.82, 2.24) is 15.2 Å². The molecule has 102 valence electrons. The quantitative estimate of drug-likeness (QED) is 0.909. The fourth-order valence-electron chi connectivity index (χ4n) is 2.23. The fraction of sp³-hybridized carbons (Fsp3) is 0.786. The lowest BCUT2D eigenvalue weighted by Crippen LogP contribution is -2.35. The van der Waals surface area contributed by atoms with E-state index < -0.39 is 0 Å². The number of aromatic nitrogens is 1. The largest absolute Gasteiger partial charge is 0.306 e. The Balaban J connectivity index is 1.97. The maximum atomic E-state index is 4.78. The Hall–Kier alpha value is -0.450. The van der Waals surface area contributed by atoms with E-state index in [-0.39, 0.29) is 5.54 Å². The molecule has 0 saturated heterocycles. The lowest BCUT2D eigenvalue weighted by molar-refractivity contribution is 0.256. The molecule has 0 aliphatic carbocycles.